The Labute approximate surface area is 135 Å². The van der Waals surface area contributed by atoms with Crippen LogP contribution in [-0.4, -0.2) is 30.1 Å². The molecule has 120 valence electrons. The van der Waals surface area contributed by atoms with Crippen molar-refractivity contribution in [2.75, 3.05) is 18.1 Å². The number of carbonyl (C=O) groups is 1. The van der Waals surface area contributed by atoms with E-state index < -0.39 is 6.10 Å². The van der Waals surface area contributed by atoms with E-state index in [9.17, 15) is 4.79 Å². The molecule has 0 spiro atoms. The molecule has 0 aliphatic carbocycles. The number of nitrogens with zero attached hydrogens (tertiary/aromatic N) is 2. The van der Waals surface area contributed by atoms with Crippen molar-refractivity contribution in [3.05, 3.63) is 54.2 Å². The lowest BCUT2D eigenvalue weighted by molar-refractivity contribution is -0.130. The van der Waals surface area contributed by atoms with E-state index in [2.05, 4.69) is 4.98 Å². The van der Waals surface area contributed by atoms with Crippen LogP contribution in [0.5, 0.6) is 5.88 Å². The molecule has 0 saturated carbocycles. The summed E-state index contributed by atoms with van der Waals surface area (Å²) < 4.78 is 11.5. The van der Waals surface area contributed by atoms with E-state index >= 15 is 0 Å². The van der Waals surface area contributed by atoms with Gasteiger partial charge in [-0.3, -0.25) is 4.79 Å². The molecule has 0 saturated heterocycles. The van der Waals surface area contributed by atoms with Crippen molar-refractivity contribution in [3.8, 4) is 5.88 Å². The van der Waals surface area contributed by atoms with Gasteiger partial charge in [-0.05, 0) is 31.5 Å². The lowest BCUT2D eigenvalue weighted by atomic mass is 10.1. The highest BCUT2D eigenvalue weighted by atomic mass is 16.5. The SMILES string of the molecule is CCO[C@H](C(=O)N1C[C@H](C)Oc2ncccc21)c1ccccc1. The van der Waals surface area contributed by atoms with Crippen molar-refractivity contribution in [2.24, 2.45) is 0 Å². The minimum Gasteiger partial charge on any atom is -0.471 e. The molecule has 2 atom stereocenters. The van der Waals surface area contributed by atoms with Crippen LogP contribution in [0.2, 0.25) is 0 Å². The van der Waals surface area contributed by atoms with E-state index in [1.807, 2.05) is 50.2 Å². The summed E-state index contributed by atoms with van der Waals surface area (Å²) in [6, 6.07) is 13.2. The van der Waals surface area contributed by atoms with Crippen LogP contribution >= 0.6 is 0 Å². The number of hydrogen-bond donors (Lipinski definition) is 0. The zero-order valence-corrected chi connectivity index (χ0v) is 13.3. The molecule has 0 unspecified atom stereocenters. The molecule has 2 aromatic rings. The van der Waals surface area contributed by atoms with Gasteiger partial charge in [0.1, 0.15) is 11.8 Å². The first-order valence-corrected chi connectivity index (χ1v) is 7.80. The first-order valence-electron chi connectivity index (χ1n) is 7.80. The third kappa shape index (κ3) is 3.19. The van der Waals surface area contributed by atoms with Gasteiger partial charge in [0.15, 0.2) is 6.10 Å². The number of amides is 1. The predicted molar refractivity (Wildman–Crippen MR) is 87.5 cm³/mol. The Morgan fingerprint density at radius 1 is 1.35 bits per heavy atom. The molecule has 23 heavy (non-hydrogen) atoms. The van der Waals surface area contributed by atoms with Crippen LogP contribution in [0.25, 0.3) is 0 Å². The average molecular weight is 312 g/mol. The Balaban J connectivity index is 1.94. The summed E-state index contributed by atoms with van der Waals surface area (Å²) >= 11 is 0. The zero-order chi connectivity index (χ0) is 16.2. The Morgan fingerprint density at radius 3 is 2.87 bits per heavy atom. The maximum Gasteiger partial charge on any atom is 0.261 e. The van der Waals surface area contributed by atoms with Gasteiger partial charge in [-0.25, -0.2) is 4.98 Å². The van der Waals surface area contributed by atoms with Gasteiger partial charge < -0.3 is 14.4 Å². The van der Waals surface area contributed by atoms with Gasteiger partial charge in [0.2, 0.25) is 5.88 Å². The van der Waals surface area contributed by atoms with Gasteiger partial charge in [0.05, 0.1) is 6.54 Å². The van der Waals surface area contributed by atoms with Gasteiger partial charge in [0.25, 0.3) is 5.91 Å². The third-order valence-corrected chi connectivity index (χ3v) is 3.72. The fourth-order valence-electron chi connectivity index (χ4n) is 2.72. The quantitative estimate of drug-likeness (QED) is 0.871. The van der Waals surface area contributed by atoms with Crippen molar-refractivity contribution in [3.63, 3.8) is 0 Å². The lowest BCUT2D eigenvalue weighted by Crippen LogP contribution is -2.45. The molecule has 1 aromatic carbocycles. The van der Waals surface area contributed by atoms with E-state index in [0.717, 1.165) is 5.56 Å². The van der Waals surface area contributed by atoms with Crippen LogP contribution in [-0.2, 0) is 9.53 Å². The highest BCUT2D eigenvalue weighted by Gasteiger charge is 2.33. The summed E-state index contributed by atoms with van der Waals surface area (Å²) in [6.45, 7) is 4.76. The van der Waals surface area contributed by atoms with E-state index in [-0.39, 0.29) is 12.0 Å². The maximum atomic E-state index is 13.1. The van der Waals surface area contributed by atoms with E-state index in [4.69, 9.17) is 9.47 Å². The van der Waals surface area contributed by atoms with Crippen LogP contribution in [0.15, 0.2) is 48.7 Å². The zero-order valence-electron chi connectivity index (χ0n) is 13.3. The van der Waals surface area contributed by atoms with Crippen molar-refractivity contribution in [1.82, 2.24) is 4.98 Å². The van der Waals surface area contributed by atoms with Crippen LogP contribution < -0.4 is 9.64 Å². The Kier molecular flexibility index (Phi) is 4.57. The van der Waals surface area contributed by atoms with Gasteiger partial charge in [-0.15, -0.1) is 0 Å². The molecule has 1 aromatic heterocycles. The predicted octanol–water partition coefficient (Wildman–Crippen LogP) is 2.97. The average Bonchev–Trinajstić information content (AvgIpc) is 2.59. The number of benzene rings is 1. The second-order valence-electron chi connectivity index (χ2n) is 5.45. The van der Waals surface area contributed by atoms with Crippen LogP contribution in [0.3, 0.4) is 0 Å². The highest BCUT2D eigenvalue weighted by Crippen LogP contribution is 2.33. The minimum atomic E-state index is -0.625. The van der Waals surface area contributed by atoms with Crippen LogP contribution in [0.1, 0.15) is 25.5 Å². The molecule has 1 amide bonds. The van der Waals surface area contributed by atoms with Crippen LogP contribution in [0, 0.1) is 0 Å². The first-order chi connectivity index (χ1) is 11.2. The Morgan fingerprint density at radius 2 is 2.13 bits per heavy atom. The number of ether oxygens (including phenoxy) is 2. The van der Waals surface area contributed by atoms with Gasteiger partial charge in [-0.2, -0.15) is 0 Å². The largest absolute Gasteiger partial charge is 0.471 e. The van der Waals surface area contributed by atoms with Gasteiger partial charge in [-0.1, -0.05) is 30.3 Å². The molecule has 5 heteroatoms. The van der Waals surface area contributed by atoms with Crippen molar-refractivity contribution in [2.45, 2.75) is 26.1 Å². The normalized spacial score (nSPS) is 18.0. The number of rotatable bonds is 4. The molecule has 1 aliphatic rings. The number of hydrogen-bond acceptors (Lipinski definition) is 4. The van der Waals surface area contributed by atoms with Crippen molar-refractivity contribution < 1.29 is 14.3 Å². The molecule has 0 fully saturated rings. The summed E-state index contributed by atoms with van der Waals surface area (Å²) in [5.41, 5.74) is 1.54. The lowest BCUT2D eigenvalue weighted by Gasteiger charge is -2.34. The van der Waals surface area contributed by atoms with Crippen molar-refractivity contribution >= 4 is 11.6 Å². The Hall–Kier alpha value is -2.40. The fourth-order valence-corrected chi connectivity index (χ4v) is 2.72. The number of fused-ring (bicyclic) bond motifs is 1. The standard InChI is InChI=1S/C18H20N2O3/c1-3-22-16(14-8-5-4-6-9-14)18(21)20-12-13(2)23-17-15(20)10-7-11-19-17/h4-11,13,16H,3,12H2,1-2H3/t13-,16-/m0/s1. The molecule has 5 nitrogen and oxygen atoms in total. The second-order valence-corrected chi connectivity index (χ2v) is 5.45. The first kappa shape index (κ1) is 15.5. The van der Waals surface area contributed by atoms with E-state index in [1.165, 1.54) is 0 Å². The molecule has 2 heterocycles. The monoisotopic (exact) mass is 312 g/mol. The van der Waals surface area contributed by atoms with Crippen LogP contribution in [0.4, 0.5) is 5.69 Å². The Bertz CT molecular complexity index is 675. The van der Waals surface area contributed by atoms with Gasteiger partial charge >= 0.3 is 0 Å². The van der Waals surface area contributed by atoms with Gasteiger partial charge in [0, 0.05) is 12.8 Å². The summed E-state index contributed by atoms with van der Waals surface area (Å²) in [5.74, 6) is 0.394. The number of aromatic nitrogens is 1. The number of carbonyl (C=O) groups excluding carboxylic acids is 1. The summed E-state index contributed by atoms with van der Waals surface area (Å²) in [6.07, 6.45) is 0.926. The summed E-state index contributed by atoms with van der Waals surface area (Å²) in [4.78, 5) is 19.1. The third-order valence-electron chi connectivity index (χ3n) is 3.72. The second kappa shape index (κ2) is 6.79. The molecule has 3 rings (SSSR count). The molecule has 0 radical (unpaired) electrons. The summed E-state index contributed by atoms with van der Waals surface area (Å²) in [7, 11) is 0. The highest BCUT2D eigenvalue weighted by molar-refractivity contribution is 5.98. The van der Waals surface area contributed by atoms with E-state index in [1.54, 1.807) is 17.2 Å². The maximum absolute atomic E-state index is 13.1. The summed E-state index contributed by atoms with van der Waals surface area (Å²) in [5, 5.41) is 0. The number of anilines is 1. The van der Waals surface area contributed by atoms with E-state index in [0.29, 0.717) is 24.7 Å². The molecule has 0 N–H and O–H groups in total. The molecular weight excluding hydrogens is 292 g/mol. The smallest absolute Gasteiger partial charge is 0.261 e. The van der Waals surface area contributed by atoms with Crippen molar-refractivity contribution in [1.29, 1.82) is 0 Å². The molecular formula is C18H20N2O3. The topological polar surface area (TPSA) is 51.7 Å². The minimum absolute atomic E-state index is 0.0950. The molecule has 1 aliphatic heterocycles. The fraction of sp³-hybridized carbons (Fsp3) is 0.333. The molecule has 0 bridgehead atoms. The number of pyridine rings is 1.